The van der Waals surface area contributed by atoms with E-state index in [1.807, 2.05) is 35.2 Å². The zero-order chi connectivity index (χ0) is 18.6. The van der Waals surface area contributed by atoms with E-state index in [1.165, 1.54) is 0 Å². The third-order valence-corrected chi connectivity index (χ3v) is 4.94. The molecule has 0 N–H and O–H groups in total. The second kappa shape index (κ2) is 7.87. The fraction of sp³-hybridized carbons (Fsp3) is 0.389. The summed E-state index contributed by atoms with van der Waals surface area (Å²) >= 11 is 5.68. The monoisotopic (exact) mass is 385 g/mol. The van der Waals surface area contributed by atoms with Gasteiger partial charge in [0.25, 0.3) is 0 Å². The van der Waals surface area contributed by atoms with Gasteiger partial charge in [0.05, 0.1) is 5.69 Å². The van der Waals surface area contributed by atoms with Crippen molar-refractivity contribution >= 4 is 34.5 Å². The molecule has 140 valence electrons. The van der Waals surface area contributed by atoms with Crippen LogP contribution < -0.4 is 4.90 Å². The van der Waals surface area contributed by atoms with E-state index in [1.54, 1.807) is 11.0 Å². The van der Waals surface area contributed by atoms with Gasteiger partial charge in [-0.05, 0) is 18.6 Å². The number of halogens is 1. The highest BCUT2D eigenvalue weighted by atomic mass is 35.5. The predicted octanol–water partition coefficient (Wildman–Crippen LogP) is 1.88. The number of fused-ring (bicyclic) bond motifs is 1. The van der Waals surface area contributed by atoms with Crippen molar-refractivity contribution in [2.24, 2.45) is 0 Å². The van der Waals surface area contributed by atoms with Crippen LogP contribution in [0.25, 0.3) is 16.9 Å². The summed E-state index contributed by atoms with van der Waals surface area (Å²) in [6, 6.07) is 9.77. The van der Waals surface area contributed by atoms with Crippen molar-refractivity contribution in [2.45, 2.75) is 12.8 Å². The molecule has 1 aliphatic heterocycles. The van der Waals surface area contributed by atoms with Crippen molar-refractivity contribution in [3.8, 4) is 5.69 Å². The number of carbonyl (C=O) groups excluding carboxylic acids is 1. The van der Waals surface area contributed by atoms with Crippen LogP contribution >= 0.6 is 11.6 Å². The minimum Gasteiger partial charge on any atom is -0.351 e. The number of anilines is 1. The fourth-order valence-corrected chi connectivity index (χ4v) is 3.39. The van der Waals surface area contributed by atoms with Gasteiger partial charge in [-0.3, -0.25) is 4.79 Å². The molecule has 1 amide bonds. The van der Waals surface area contributed by atoms with Crippen molar-refractivity contribution in [1.29, 1.82) is 0 Å². The van der Waals surface area contributed by atoms with Gasteiger partial charge in [-0.2, -0.15) is 4.68 Å². The number of amides is 1. The van der Waals surface area contributed by atoms with Gasteiger partial charge in [-0.25, -0.2) is 9.97 Å². The zero-order valence-corrected chi connectivity index (χ0v) is 15.6. The number of rotatable bonds is 5. The highest BCUT2D eigenvalue weighted by Crippen LogP contribution is 2.23. The SMILES string of the molecule is O=C(CCCCl)N1CCN(c2ncnc3c2nnn3-c2ccccc2)CC1. The lowest BCUT2D eigenvalue weighted by Crippen LogP contribution is -2.49. The van der Waals surface area contributed by atoms with Gasteiger partial charge < -0.3 is 9.80 Å². The van der Waals surface area contributed by atoms with E-state index in [9.17, 15) is 4.79 Å². The van der Waals surface area contributed by atoms with Crippen molar-refractivity contribution in [3.05, 3.63) is 36.7 Å². The second-order valence-electron chi connectivity index (χ2n) is 6.37. The molecule has 3 heterocycles. The third-order valence-electron chi connectivity index (χ3n) is 4.68. The molecule has 3 aromatic rings. The molecule has 1 saturated heterocycles. The Labute approximate surface area is 161 Å². The van der Waals surface area contributed by atoms with E-state index < -0.39 is 0 Å². The number of hydrogen-bond acceptors (Lipinski definition) is 6. The second-order valence-corrected chi connectivity index (χ2v) is 6.74. The van der Waals surface area contributed by atoms with E-state index >= 15 is 0 Å². The summed E-state index contributed by atoms with van der Waals surface area (Å²) in [7, 11) is 0. The number of carbonyl (C=O) groups is 1. The predicted molar refractivity (Wildman–Crippen MR) is 103 cm³/mol. The van der Waals surface area contributed by atoms with Crippen molar-refractivity contribution in [1.82, 2.24) is 29.9 Å². The van der Waals surface area contributed by atoms with Gasteiger partial charge in [-0.15, -0.1) is 16.7 Å². The molecular weight excluding hydrogens is 366 g/mol. The van der Waals surface area contributed by atoms with E-state index in [2.05, 4.69) is 25.2 Å². The Balaban J connectivity index is 1.54. The summed E-state index contributed by atoms with van der Waals surface area (Å²) in [5, 5.41) is 8.57. The highest BCUT2D eigenvalue weighted by molar-refractivity contribution is 6.17. The molecular formula is C18H20ClN7O. The van der Waals surface area contributed by atoms with Gasteiger partial charge in [0.1, 0.15) is 6.33 Å². The van der Waals surface area contributed by atoms with Crippen LogP contribution in [0.3, 0.4) is 0 Å². The molecule has 0 unspecified atom stereocenters. The molecule has 0 radical (unpaired) electrons. The van der Waals surface area contributed by atoms with Crippen molar-refractivity contribution in [3.63, 3.8) is 0 Å². The third kappa shape index (κ3) is 3.57. The molecule has 8 nitrogen and oxygen atoms in total. The van der Waals surface area contributed by atoms with Gasteiger partial charge in [-0.1, -0.05) is 23.4 Å². The average Bonchev–Trinajstić information content (AvgIpc) is 3.17. The first-order valence-corrected chi connectivity index (χ1v) is 9.52. The fourth-order valence-electron chi connectivity index (χ4n) is 3.26. The average molecular weight is 386 g/mol. The van der Waals surface area contributed by atoms with Crippen LogP contribution in [-0.4, -0.2) is 67.8 Å². The lowest BCUT2D eigenvalue weighted by molar-refractivity contribution is -0.131. The Morgan fingerprint density at radius 3 is 2.59 bits per heavy atom. The minimum absolute atomic E-state index is 0.165. The lowest BCUT2D eigenvalue weighted by atomic mass is 10.2. The number of alkyl halides is 1. The maximum absolute atomic E-state index is 12.2. The maximum Gasteiger partial charge on any atom is 0.222 e. The number of aromatic nitrogens is 5. The summed E-state index contributed by atoms with van der Waals surface area (Å²) < 4.78 is 1.71. The standard InChI is InChI=1S/C18H20ClN7O/c19-8-4-7-15(27)24-9-11-25(12-10-24)17-16-18(21-13-20-17)26(23-22-16)14-5-2-1-3-6-14/h1-3,5-6,13H,4,7-12H2. The smallest absolute Gasteiger partial charge is 0.222 e. The number of para-hydroxylation sites is 1. The Bertz CT molecular complexity index is 922. The molecule has 1 aliphatic rings. The molecule has 2 aromatic heterocycles. The Morgan fingerprint density at radius 1 is 1.07 bits per heavy atom. The van der Waals surface area contributed by atoms with Crippen molar-refractivity contribution in [2.75, 3.05) is 37.0 Å². The molecule has 0 atom stereocenters. The van der Waals surface area contributed by atoms with Crippen LogP contribution in [0.4, 0.5) is 5.82 Å². The van der Waals surface area contributed by atoms with Crippen LogP contribution in [0.15, 0.2) is 36.7 Å². The molecule has 0 aliphatic carbocycles. The minimum atomic E-state index is 0.165. The van der Waals surface area contributed by atoms with E-state index in [4.69, 9.17) is 11.6 Å². The lowest BCUT2D eigenvalue weighted by Gasteiger charge is -2.35. The van der Waals surface area contributed by atoms with Crippen LogP contribution in [0.1, 0.15) is 12.8 Å². The van der Waals surface area contributed by atoms with Gasteiger partial charge >= 0.3 is 0 Å². The van der Waals surface area contributed by atoms with Gasteiger partial charge in [0, 0.05) is 38.5 Å². The Morgan fingerprint density at radius 2 is 1.85 bits per heavy atom. The topological polar surface area (TPSA) is 80.0 Å². The molecule has 1 fully saturated rings. The number of hydrogen-bond donors (Lipinski definition) is 0. The van der Waals surface area contributed by atoms with Gasteiger partial charge in [0.15, 0.2) is 17.0 Å². The normalized spacial score (nSPS) is 14.7. The largest absolute Gasteiger partial charge is 0.351 e. The van der Waals surface area contributed by atoms with Crippen LogP contribution in [0.5, 0.6) is 0 Å². The summed E-state index contributed by atoms with van der Waals surface area (Å²) in [6.45, 7) is 2.74. The van der Waals surface area contributed by atoms with E-state index in [-0.39, 0.29) is 5.91 Å². The first-order chi connectivity index (χ1) is 13.3. The van der Waals surface area contributed by atoms with Crippen LogP contribution in [-0.2, 0) is 4.79 Å². The molecule has 1 aromatic carbocycles. The molecule has 0 saturated carbocycles. The number of piperazine rings is 1. The van der Waals surface area contributed by atoms with E-state index in [0.29, 0.717) is 49.6 Å². The molecule has 0 spiro atoms. The summed E-state index contributed by atoms with van der Waals surface area (Å²) in [6.07, 6.45) is 2.76. The zero-order valence-electron chi connectivity index (χ0n) is 14.8. The van der Waals surface area contributed by atoms with Crippen LogP contribution in [0.2, 0.25) is 0 Å². The Hall–Kier alpha value is -2.74. The first-order valence-electron chi connectivity index (χ1n) is 8.98. The summed E-state index contributed by atoms with van der Waals surface area (Å²) in [5.74, 6) is 1.44. The summed E-state index contributed by atoms with van der Waals surface area (Å²) in [5.41, 5.74) is 2.24. The molecule has 4 rings (SSSR count). The van der Waals surface area contributed by atoms with E-state index in [0.717, 1.165) is 17.9 Å². The molecule has 0 bridgehead atoms. The molecule has 27 heavy (non-hydrogen) atoms. The van der Waals surface area contributed by atoms with Crippen molar-refractivity contribution < 1.29 is 4.79 Å². The number of benzene rings is 1. The first kappa shape index (κ1) is 17.7. The summed E-state index contributed by atoms with van der Waals surface area (Å²) in [4.78, 5) is 25.0. The van der Waals surface area contributed by atoms with Crippen LogP contribution in [0, 0.1) is 0 Å². The van der Waals surface area contributed by atoms with Gasteiger partial charge in [0.2, 0.25) is 5.91 Å². The maximum atomic E-state index is 12.2. The Kier molecular flexibility index (Phi) is 5.15. The quantitative estimate of drug-likeness (QED) is 0.624. The highest BCUT2D eigenvalue weighted by Gasteiger charge is 2.24. The number of nitrogens with zero attached hydrogens (tertiary/aromatic N) is 7. The molecule has 9 heteroatoms.